The lowest BCUT2D eigenvalue weighted by atomic mass is 9.88. The number of hydrogen-bond acceptors (Lipinski definition) is 4. The minimum absolute atomic E-state index is 0.000488. The molecule has 0 spiro atoms. The SMILES string of the molecule is CC[C@@H](C)NC(=O)[C@@H](NC(=O)c1cccc(OC)c1)C1CCN(C(=O)c2ccc(C)cc2)CC1. The lowest BCUT2D eigenvalue weighted by molar-refractivity contribution is -0.125. The molecule has 1 aliphatic heterocycles. The zero-order valence-electron chi connectivity index (χ0n) is 20.5. The van der Waals surface area contributed by atoms with Crippen LogP contribution in [-0.4, -0.2) is 54.9 Å². The average Bonchev–Trinajstić information content (AvgIpc) is 2.87. The number of carbonyl (C=O) groups excluding carboxylic acids is 3. The van der Waals surface area contributed by atoms with Gasteiger partial charge in [-0.05, 0) is 69.4 Å². The largest absolute Gasteiger partial charge is 0.497 e. The van der Waals surface area contributed by atoms with Crippen molar-refractivity contribution >= 4 is 17.7 Å². The van der Waals surface area contributed by atoms with Crippen LogP contribution in [0.1, 0.15) is 59.4 Å². The van der Waals surface area contributed by atoms with Gasteiger partial charge in [0.1, 0.15) is 11.8 Å². The molecule has 182 valence electrons. The summed E-state index contributed by atoms with van der Waals surface area (Å²) >= 11 is 0. The minimum Gasteiger partial charge on any atom is -0.497 e. The van der Waals surface area contributed by atoms with Crippen molar-refractivity contribution in [2.24, 2.45) is 5.92 Å². The maximum Gasteiger partial charge on any atom is 0.253 e. The molecule has 2 atom stereocenters. The van der Waals surface area contributed by atoms with Crippen LogP contribution in [0.4, 0.5) is 0 Å². The first-order chi connectivity index (χ1) is 16.3. The van der Waals surface area contributed by atoms with Gasteiger partial charge in [-0.25, -0.2) is 0 Å². The quantitative estimate of drug-likeness (QED) is 0.624. The Morgan fingerprint density at radius 3 is 2.32 bits per heavy atom. The molecule has 7 nitrogen and oxygen atoms in total. The van der Waals surface area contributed by atoms with Crippen LogP contribution in [0.15, 0.2) is 48.5 Å². The van der Waals surface area contributed by atoms with Crippen LogP contribution in [0.25, 0.3) is 0 Å². The number of benzene rings is 2. The van der Waals surface area contributed by atoms with Gasteiger partial charge in [0.05, 0.1) is 7.11 Å². The molecule has 1 aliphatic rings. The predicted molar refractivity (Wildman–Crippen MR) is 132 cm³/mol. The third-order valence-electron chi connectivity index (χ3n) is 6.50. The molecule has 7 heteroatoms. The number of likely N-dealkylation sites (tertiary alicyclic amines) is 1. The molecule has 0 radical (unpaired) electrons. The Hall–Kier alpha value is -3.35. The van der Waals surface area contributed by atoms with Gasteiger partial charge in [-0.1, -0.05) is 30.7 Å². The van der Waals surface area contributed by atoms with Gasteiger partial charge < -0.3 is 20.3 Å². The van der Waals surface area contributed by atoms with E-state index in [1.54, 1.807) is 31.4 Å². The van der Waals surface area contributed by atoms with Gasteiger partial charge >= 0.3 is 0 Å². The van der Waals surface area contributed by atoms with E-state index in [-0.39, 0.29) is 29.7 Å². The van der Waals surface area contributed by atoms with Crippen LogP contribution in [-0.2, 0) is 4.79 Å². The molecule has 0 aromatic heterocycles. The van der Waals surface area contributed by atoms with Crippen molar-refractivity contribution in [2.75, 3.05) is 20.2 Å². The molecule has 2 aromatic rings. The fourth-order valence-corrected chi connectivity index (χ4v) is 4.14. The van der Waals surface area contributed by atoms with Gasteiger partial charge in [0.25, 0.3) is 11.8 Å². The lowest BCUT2D eigenvalue weighted by Gasteiger charge is -2.36. The van der Waals surface area contributed by atoms with Gasteiger partial charge in [-0.2, -0.15) is 0 Å². The molecular formula is C27H35N3O4. The molecule has 1 saturated heterocycles. The maximum absolute atomic E-state index is 13.1. The highest BCUT2D eigenvalue weighted by molar-refractivity contribution is 5.98. The van der Waals surface area contributed by atoms with E-state index in [0.29, 0.717) is 42.8 Å². The van der Waals surface area contributed by atoms with E-state index in [9.17, 15) is 14.4 Å². The van der Waals surface area contributed by atoms with Crippen molar-refractivity contribution in [3.05, 3.63) is 65.2 Å². The number of hydrogen-bond donors (Lipinski definition) is 2. The topological polar surface area (TPSA) is 87.7 Å². The number of ether oxygens (including phenoxy) is 1. The molecule has 34 heavy (non-hydrogen) atoms. The molecule has 1 fully saturated rings. The molecule has 3 rings (SSSR count). The number of methoxy groups -OCH3 is 1. The number of piperidine rings is 1. The summed E-state index contributed by atoms with van der Waals surface area (Å²) in [5.74, 6) is 0.00612. The number of carbonyl (C=O) groups is 3. The van der Waals surface area contributed by atoms with Crippen molar-refractivity contribution in [3.8, 4) is 5.75 Å². The highest BCUT2D eigenvalue weighted by Gasteiger charge is 2.34. The van der Waals surface area contributed by atoms with Crippen LogP contribution in [0.5, 0.6) is 5.75 Å². The third-order valence-corrected chi connectivity index (χ3v) is 6.50. The Labute approximate surface area is 201 Å². The van der Waals surface area contributed by atoms with Gasteiger partial charge in [0, 0.05) is 30.3 Å². The molecule has 0 unspecified atom stereocenters. The molecule has 0 aliphatic carbocycles. The van der Waals surface area contributed by atoms with E-state index in [2.05, 4.69) is 10.6 Å². The van der Waals surface area contributed by atoms with Crippen molar-refractivity contribution in [2.45, 2.75) is 52.1 Å². The third kappa shape index (κ3) is 6.37. The Morgan fingerprint density at radius 1 is 1.03 bits per heavy atom. The van der Waals surface area contributed by atoms with Crippen LogP contribution < -0.4 is 15.4 Å². The van der Waals surface area contributed by atoms with E-state index < -0.39 is 6.04 Å². The van der Waals surface area contributed by atoms with Gasteiger partial charge in [-0.15, -0.1) is 0 Å². The number of aryl methyl sites for hydroxylation is 1. The Bertz CT molecular complexity index is 997. The van der Waals surface area contributed by atoms with Crippen molar-refractivity contribution < 1.29 is 19.1 Å². The summed E-state index contributed by atoms with van der Waals surface area (Å²) in [4.78, 5) is 40.9. The summed E-state index contributed by atoms with van der Waals surface area (Å²) in [6.45, 7) is 7.02. The second kappa shape index (κ2) is 11.7. The van der Waals surface area contributed by atoms with E-state index in [0.717, 1.165) is 12.0 Å². The molecule has 0 bridgehead atoms. The molecule has 1 heterocycles. The number of rotatable bonds is 8. The van der Waals surface area contributed by atoms with Gasteiger partial charge in [0.15, 0.2) is 0 Å². The average molecular weight is 466 g/mol. The summed E-state index contributed by atoms with van der Waals surface area (Å²) < 4.78 is 5.22. The van der Waals surface area contributed by atoms with E-state index in [1.807, 2.05) is 49.9 Å². The highest BCUT2D eigenvalue weighted by Crippen LogP contribution is 2.24. The number of nitrogens with zero attached hydrogens (tertiary/aromatic N) is 1. The molecule has 3 amide bonds. The summed E-state index contributed by atoms with van der Waals surface area (Å²) in [5, 5.41) is 5.97. The zero-order chi connectivity index (χ0) is 24.7. The second-order valence-corrected chi connectivity index (χ2v) is 9.00. The van der Waals surface area contributed by atoms with E-state index in [4.69, 9.17) is 4.74 Å². The van der Waals surface area contributed by atoms with Crippen LogP contribution in [0.2, 0.25) is 0 Å². The highest BCUT2D eigenvalue weighted by atomic mass is 16.5. The van der Waals surface area contributed by atoms with Crippen LogP contribution in [0, 0.1) is 12.8 Å². The Kier molecular flexibility index (Phi) is 8.68. The summed E-state index contributed by atoms with van der Waals surface area (Å²) in [5.41, 5.74) is 2.21. The van der Waals surface area contributed by atoms with Crippen LogP contribution in [0.3, 0.4) is 0 Å². The summed E-state index contributed by atoms with van der Waals surface area (Å²) in [6, 6.07) is 13.8. The maximum atomic E-state index is 13.1. The van der Waals surface area contributed by atoms with E-state index >= 15 is 0 Å². The predicted octanol–water partition coefficient (Wildman–Crippen LogP) is 3.57. The fourth-order valence-electron chi connectivity index (χ4n) is 4.14. The monoisotopic (exact) mass is 465 g/mol. The van der Waals surface area contributed by atoms with Crippen molar-refractivity contribution in [3.63, 3.8) is 0 Å². The first-order valence-corrected chi connectivity index (χ1v) is 11.9. The Morgan fingerprint density at radius 2 is 1.71 bits per heavy atom. The molecular weight excluding hydrogens is 430 g/mol. The second-order valence-electron chi connectivity index (χ2n) is 9.00. The minimum atomic E-state index is -0.677. The number of nitrogens with one attached hydrogen (secondary N) is 2. The first-order valence-electron chi connectivity index (χ1n) is 11.9. The number of amides is 3. The summed E-state index contributed by atoms with van der Waals surface area (Å²) in [7, 11) is 1.55. The molecule has 0 saturated carbocycles. The standard InChI is InChI=1S/C27H35N3O4/c1-5-19(3)28-26(32)24(29-25(31)22-7-6-8-23(17-22)34-4)20-13-15-30(16-14-20)27(33)21-11-9-18(2)10-12-21/h6-12,17,19-20,24H,5,13-16H2,1-4H3,(H,28,32)(H,29,31)/t19-,24+/m1/s1. The zero-order valence-corrected chi connectivity index (χ0v) is 20.5. The normalized spacial score (nSPS) is 15.8. The molecule has 2 aromatic carbocycles. The van der Waals surface area contributed by atoms with Crippen LogP contribution >= 0.6 is 0 Å². The summed E-state index contributed by atoms with van der Waals surface area (Å²) in [6.07, 6.45) is 2.06. The Balaban J connectivity index is 1.70. The van der Waals surface area contributed by atoms with E-state index in [1.165, 1.54) is 0 Å². The molecule has 2 N–H and O–H groups in total. The van der Waals surface area contributed by atoms with Crippen molar-refractivity contribution in [1.82, 2.24) is 15.5 Å². The van der Waals surface area contributed by atoms with Crippen molar-refractivity contribution in [1.29, 1.82) is 0 Å². The first kappa shape index (κ1) is 25.3. The smallest absolute Gasteiger partial charge is 0.253 e. The lowest BCUT2D eigenvalue weighted by Crippen LogP contribution is -2.55. The van der Waals surface area contributed by atoms with Gasteiger partial charge in [0.2, 0.25) is 5.91 Å². The van der Waals surface area contributed by atoms with Gasteiger partial charge in [-0.3, -0.25) is 14.4 Å². The fraction of sp³-hybridized carbons (Fsp3) is 0.444.